The zero-order chi connectivity index (χ0) is 26.4. The Morgan fingerprint density at radius 3 is 2.24 bits per heavy atom. The number of anilines is 2. The smallest absolute Gasteiger partial charge is 0.338 e. The van der Waals surface area contributed by atoms with Crippen molar-refractivity contribution in [2.24, 2.45) is 0 Å². The van der Waals surface area contributed by atoms with Gasteiger partial charge in [-0.2, -0.15) is 5.26 Å². The van der Waals surface area contributed by atoms with Crippen molar-refractivity contribution >= 4 is 35.1 Å². The van der Waals surface area contributed by atoms with Gasteiger partial charge in [-0.3, -0.25) is 14.4 Å². The lowest BCUT2D eigenvalue weighted by Gasteiger charge is -2.22. The number of benzene rings is 3. The highest BCUT2D eigenvalue weighted by molar-refractivity contribution is 6.34. The highest BCUT2D eigenvalue weighted by Gasteiger charge is 2.36. The Morgan fingerprint density at radius 2 is 1.62 bits per heavy atom. The van der Waals surface area contributed by atoms with Crippen LogP contribution >= 0.6 is 0 Å². The Balaban J connectivity index is 1.45. The maximum atomic E-state index is 12.9. The first-order chi connectivity index (χ1) is 17.9. The molecule has 9 heteroatoms. The van der Waals surface area contributed by atoms with Gasteiger partial charge >= 0.3 is 5.97 Å². The van der Waals surface area contributed by atoms with Crippen LogP contribution in [-0.4, -0.2) is 43.4 Å². The molecular weight excluding hydrogens is 474 g/mol. The Labute approximate surface area is 213 Å². The second-order valence-corrected chi connectivity index (χ2v) is 8.00. The summed E-state index contributed by atoms with van der Waals surface area (Å²) in [6.45, 7) is 1.92. The summed E-state index contributed by atoms with van der Waals surface area (Å²) in [6, 6.07) is 21.2. The van der Waals surface area contributed by atoms with Crippen LogP contribution < -0.4 is 14.5 Å². The van der Waals surface area contributed by atoms with E-state index in [0.29, 0.717) is 18.0 Å². The van der Waals surface area contributed by atoms with E-state index >= 15 is 0 Å². The molecule has 0 unspecified atom stereocenters. The summed E-state index contributed by atoms with van der Waals surface area (Å²) >= 11 is 0. The van der Waals surface area contributed by atoms with Crippen molar-refractivity contribution < 1.29 is 28.7 Å². The number of imide groups is 1. The normalized spacial score (nSPS) is 12.1. The molecule has 3 aromatic rings. The molecule has 4 rings (SSSR count). The zero-order valence-electron chi connectivity index (χ0n) is 20.0. The van der Waals surface area contributed by atoms with E-state index in [4.69, 9.17) is 14.7 Å². The SMILES string of the molecule is CCOc1ccc(N(CCC#N)C(=O)COC(=O)c2cccc(N3C(=O)c4ccccc4C3=O)c2)cc1. The molecule has 0 aliphatic carbocycles. The summed E-state index contributed by atoms with van der Waals surface area (Å²) in [5.74, 6) is -1.62. The molecular formula is C28H23N3O6. The maximum absolute atomic E-state index is 12.9. The standard InChI is InChI=1S/C28H23N3O6/c1-2-36-22-13-11-20(12-14-22)30(16-6-15-29)25(32)18-37-28(35)19-7-5-8-21(17-19)31-26(33)23-9-3-4-10-24(23)27(31)34/h3-5,7-14,17H,2,6,16,18H2,1H3. The molecule has 3 aromatic carbocycles. The first kappa shape index (κ1) is 25.1. The van der Waals surface area contributed by atoms with E-state index in [0.717, 1.165) is 4.90 Å². The van der Waals surface area contributed by atoms with Gasteiger partial charge in [0.1, 0.15) is 5.75 Å². The molecule has 1 aliphatic rings. The predicted molar refractivity (Wildman–Crippen MR) is 135 cm³/mol. The number of carbonyl (C=O) groups excluding carboxylic acids is 4. The van der Waals surface area contributed by atoms with Crippen LogP contribution in [-0.2, 0) is 9.53 Å². The first-order valence-electron chi connectivity index (χ1n) is 11.6. The molecule has 0 radical (unpaired) electrons. The van der Waals surface area contributed by atoms with Gasteiger partial charge < -0.3 is 14.4 Å². The van der Waals surface area contributed by atoms with Crippen LogP contribution in [0.25, 0.3) is 0 Å². The minimum Gasteiger partial charge on any atom is -0.494 e. The summed E-state index contributed by atoms with van der Waals surface area (Å²) < 4.78 is 10.7. The molecule has 0 saturated heterocycles. The Bertz CT molecular complexity index is 1360. The summed E-state index contributed by atoms with van der Waals surface area (Å²) in [5, 5.41) is 8.99. The lowest BCUT2D eigenvalue weighted by atomic mass is 10.1. The van der Waals surface area contributed by atoms with Gasteiger partial charge in [0.15, 0.2) is 6.61 Å². The van der Waals surface area contributed by atoms with Crippen LogP contribution in [0, 0.1) is 11.3 Å². The number of rotatable bonds is 9. The van der Waals surface area contributed by atoms with Gasteiger partial charge in [-0.25, -0.2) is 9.69 Å². The van der Waals surface area contributed by atoms with E-state index in [1.165, 1.54) is 23.1 Å². The Kier molecular flexibility index (Phi) is 7.59. The van der Waals surface area contributed by atoms with Crippen molar-refractivity contribution in [2.75, 3.05) is 29.6 Å². The number of hydrogen-bond acceptors (Lipinski definition) is 7. The average molecular weight is 498 g/mol. The highest BCUT2D eigenvalue weighted by Crippen LogP contribution is 2.29. The van der Waals surface area contributed by atoms with Crippen LogP contribution in [0.3, 0.4) is 0 Å². The molecule has 0 fully saturated rings. The third-order valence-corrected chi connectivity index (χ3v) is 5.67. The van der Waals surface area contributed by atoms with Crippen molar-refractivity contribution in [1.29, 1.82) is 5.26 Å². The minimum absolute atomic E-state index is 0.0755. The molecule has 1 heterocycles. The molecule has 186 valence electrons. The third kappa shape index (κ3) is 5.33. The second-order valence-electron chi connectivity index (χ2n) is 8.00. The van der Waals surface area contributed by atoms with E-state index in [1.54, 1.807) is 54.6 Å². The van der Waals surface area contributed by atoms with E-state index in [1.807, 2.05) is 13.0 Å². The van der Waals surface area contributed by atoms with E-state index in [9.17, 15) is 19.2 Å². The molecule has 0 aromatic heterocycles. The van der Waals surface area contributed by atoms with Gasteiger partial charge in [-0.15, -0.1) is 0 Å². The fourth-order valence-corrected chi connectivity index (χ4v) is 3.93. The van der Waals surface area contributed by atoms with Crippen LogP contribution in [0.4, 0.5) is 11.4 Å². The van der Waals surface area contributed by atoms with Crippen molar-refractivity contribution in [3.63, 3.8) is 0 Å². The molecule has 37 heavy (non-hydrogen) atoms. The van der Waals surface area contributed by atoms with Gasteiger partial charge in [0, 0.05) is 12.2 Å². The minimum atomic E-state index is -0.793. The Hall–Kier alpha value is -4.97. The number of nitriles is 1. The number of hydrogen-bond donors (Lipinski definition) is 0. The van der Waals surface area contributed by atoms with E-state index in [-0.39, 0.29) is 35.3 Å². The largest absolute Gasteiger partial charge is 0.494 e. The fraction of sp³-hybridized carbons (Fsp3) is 0.179. The van der Waals surface area contributed by atoms with Crippen molar-refractivity contribution in [3.8, 4) is 11.8 Å². The maximum Gasteiger partial charge on any atom is 0.338 e. The topological polar surface area (TPSA) is 117 Å². The van der Waals surface area contributed by atoms with Gasteiger partial charge in [-0.05, 0) is 61.5 Å². The van der Waals surface area contributed by atoms with E-state index in [2.05, 4.69) is 0 Å². The highest BCUT2D eigenvalue weighted by atomic mass is 16.5. The average Bonchev–Trinajstić information content (AvgIpc) is 3.18. The number of nitrogens with zero attached hydrogens (tertiary/aromatic N) is 3. The van der Waals surface area contributed by atoms with E-state index < -0.39 is 30.3 Å². The fourth-order valence-electron chi connectivity index (χ4n) is 3.93. The van der Waals surface area contributed by atoms with Gasteiger partial charge in [0.05, 0.1) is 41.5 Å². The first-order valence-corrected chi connectivity index (χ1v) is 11.6. The second kappa shape index (κ2) is 11.2. The summed E-state index contributed by atoms with van der Waals surface area (Å²) in [7, 11) is 0. The number of amides is 3. The Morgan fingerprint density at radius 1 is 0.946 bits per heavy atom. The number of fused-ring (bicyclic) bond motifs is 1. The summed E-state index contributed by atoms with van der Waals surface area (Å²) in [6.07, 6.45) is 0.0925. The van der Waals surface area contributed by atoms with Gasteiger partial charge in [0.25, 0.3) is 17.7 Å². The number of carbonyl (C=O) groups is 4. The van der Waals surface area contributed by atoms with Gasteiger partial charge in [-0.1, -0.05) is 18.2 Å². The molecule has 3 amide bonds. The van der Waals surface area contributed by atoms with Crippen molar-refractivity contribution in [2.45, 2.75) is 13.3 Å². The van der Waals surface area contributed by atoms with Gasteiger partial charge in [0.2, 0.25) is 0 Å². The molecule has 0 N–H and O–H groups in total. The molecule has 0 spiro atoms. The number of ether oxygens (including phenoxy) is 2. The molecule has 0 bridgehead atoms. The predicted octanol–water partition coefficient (Wildman–Crippen LogP) is 3.99. The summed E-state index contributed by atoms with van der Waals surface area (Å²) in [5.41, 5.74) is 1.41. The quantitative estimate of drug-likeness (QED) is 0.324. The molecule has 1 aliphatic heterocycles. The molecule has 0 saturated carbocycles. The van der Waals surface area contributed by atoms with Crippen molar-refractivity contribution in [3.05, 3.63) is 89.5 Å². The van der Waals surface area contributed by atoms with Crippen LogP contribution in [0.1, 0.15) is 44.4 Å². The summed E-state index contributed by atoms with van der Waals surface area (Å²) in [4.78, 5) is 53.5. The zero-order valence-corrected chi connectivity index (χ0v) is 20.0. The lowest BCUT2D eigenvalue weighted by Crippen LogP contribution is -2.35. The monoisotopic (exact) mass is 497 g/mol. The molecule has 9 nitrogen and oxygen atoms in total. The molecule has 0 atom stereocenters. The lowest BCUT2D eigenvalue weighted by molar-refractivity contribution is -0.121. The van der Waals surface area contributed by atoms with Crippen LogP contribution in [0.5, 0.6) is 5.75 Å². The third-order valence-electron chi connectivity index (χ3n) is 5.67. The van der Waals surface area contributed by atoms with Crippen LogP contribution in [0.2, 0.25) is 0 Å². The van der Waals surface area contributed by atoms with Crippen molar-refractivity contribution in [1.82, 2.24) is 0 Å². The number of esters is 1. The van der Waals surface area contributed by atoms with Crippen LogP contribution in [0.15, 0.2) is 72.8 Å².